The first kappa shape index (κ1) is 16.7. The number of hydrogen-bond acceptors (Lipinski definition) is 2. The van der Waals surface area contributed by atoms with Crippen molar-refractivity contribution in [3.8, 4) is 5.75 Å². The van der Waals surface area contributed by atoms with Crippen LogP contribution in [-0.2, 0) is 0 Å². The van der Waals surface area contributed by atoms with E-state index in [1.165, 1.54) is 0 Å². The summed E-state index contributed by atoms with van der Waals surface area (Å²) in [5.74, 6) is 0.962. The quantitative estimate of drug-likeness (QED) is 0.805. The summed E-state index contributed by atoms with van der Waals surface area (Å²) in [5, 5.41) is 3.68. The summed E-state index contributed by atoms with van der Waals surface area (Å²) >= 11 is 11.9. The lowest BCUT2D eigenvalue weighted by Crippen LogP contribution is -2.12. The van der Waals surface area contributed by atoms with Gasteiger partial charge in [0.05, 0.1) is 17.3 Å². The van der Waals surface area contributed by atoms with Gasteiger partial charge in [0.1, 0.15) is 5.75 Å². The average Bonchev–Trinajstić information content (AvgIpc) is 2.48. The van der Waals surface area contributed by atoms with E-state index in [1.54, 1.807) is 42.5 Å². The number of carbonyl (C=O) groups excluding carboxylic acids is 1. The Kier molecular flexibility index (Phi) is 5.69. The molecule has 0 unspecified atom stereocenters. The number of carbonyl (C=O) groups is 1. The molecular weight excluding hydrogens is 321 g/mol. The molecule has 116 valence electrons. The molecule has 0 fully saturated rings. The Morgan fingerprint density at radius 3 is 2.41 bits per heavy atom. The highest BCUT2D eigenvalue weighted by molar-refractivity contribution is 6.36. The number of amides is 1. The van der Waals surface area contributed by atoms with Crippen molar-refractivity contribution in [2.45, 2.75) is 13.8 Å². The lowest BCUT2D eigenvalue weighted by atomic mass is 10.2. The minimum atomic E-state index is -0.236. The van der Waals surface area contributed by atoms with Gasteiger partial charge >= 0.3 is 0 Å². The van der Waals surface area contributed by atoms with Crippen LogP contribution in [0.3, 0.4) is 0 Å². The maximum absolute atomic E-state index is 12.2. The van der Waals surface area contributed by atoms with Crippen LogP contribution in [0.5, 0.6) is 5.75 Å². The van der Waals surface area contributed by atoms with Gasteiger partial charge in [0.2, 0.25) is 0 Å². The number of ether oxygens (including phenoxy) is 1. The molecule has 0 aliphatic rings. The Morgan fingerprint density at radius 2 is 1.82 bits per heavy atom. The van der Waals surface area contributed by atoms with Crippen LogP contribution in [0.25, 0.3) is 0 Å². The van der Waals surface area contributed by atoms with Crippen molar-refractivity contribution < 1.29 is 9.53 Å². The van der Waals surface area contributed by atoms with Gasteiger partial charge in [0, 0.05) is 10.6 Å². The first-order valence-corrected chi connectivity index (χ1v) is 7.70. The third-order valence-electron chi connectivity index (χ3n) is 2.88. The second-order valence-electron chi connectivity index (χ2n) is 5.31. The van der Waals surface area contributed by atoms with E-state index >= 15 is 0 Å². The van der Waals surface area contributed by atoms with Crippen molar-refractivity contribution in [1.29, 1.82) is 0 Å². The highest BCUT2D eigenvalue weighted by Crippen LogP contribution is 2.26. The second-order valence-corrected chi connectivity index (χ2v) is 6.15. The molecule has 1 N–H and O–H groups in total. The lowest BCUT2D eigenvalue weighted by molar-refractivity contribution is 0.102. The van der Waals surface area contributed by atoms with E-state index < -0.39 is 0 Å². The Labute approximate surface area is 140 Å². The van der Waals surface area contributed by atoms with Gasteiger partial charge < -0.3 is 10.1 Å². The van der Waals surface area contributed by atoms with Gasteiger partial charge in [0.15, 0.2) is 0 Å². The monoisotopic (exact) mass is 337 g/mol. The minimum absolute atomic E-state index is 0.236. The van der Waals surface area contributed by atoms with Gasteiger partial charge in [-0.25, -0.2) is 0 Å². The summed E-state index contributed by atoms with van der Waals surface area (Å²) in [7, 11) is 0. The first-order chi connectivity index (χ1) is 10.5. The Balaban J connectivity index is 2.03. The van der Waals surface area contributed by atoms with Crippen molar-refractivity contribution >= 4 is 34.8 Å². The molecule has 0 bridgehead atoms. The molecule has 0 atom stereocenters. The number of halogens is 2. The number of nitrogens with one attached hydrogen (secondary N) is 1. The zero-order valence-electron chi connectivity index (χ0n) is 12.4. The fourth-order valence-corrected chi connectivity index (χ4v) is 2.21. The van der Waals surface area contributed by atoms with Crippen molar-refractivity contribution in [1.82, 2.24) is 0 Å². The number of hydrogen-bond donors (Lipinski definition) is 1. The molecule has 2 rings (SSSR count). The number of benzene rings is 2. The summed E-state index contributed by atoms with van der Waals surface area (Å²) < 4.78 is 5.59. The SMILES string of the molecule is CC(C)COc1ccc(C(=O)Nc2ccc(Cl)cc2Cl)cc1. The van der Waals surface area contributed by atoms with Crippen molar-refractivity contribution in [3.63, 3.8) is 0 Å². The highest BCUT2D eigenvalue weighted by atomic mass is 35.5. The third kappa shape index (κ3) is 4.65. The fraction of sp³-hybridized carbons (Fsp3) is 0.235. The predicted octanol–water partition coefficient (Wildman–Crippen LogP) is 5.28. The molecule has 3 nitrogen and oxygen atoms in total. The van der Waals surface area contributed by atoms with E-state index in [9.17, 15) is 4.79 Å². The molecule has 2 aromatic rings. The van der Waals surface area contributed by atoms with E-state index in [1.807, 2.05) is 0 Å². The van der Waals surface area contributed by atoms with Crippen LogP contribution in [0, 0.1) is 5.92 Å². The molecule has 2 aromatic carbocycles. The molecular formula is C17H17Cl2NO2. The molecule has 0 saturated heterocycles. The van der Waals surface area contributed by atoms with E-state index in [4.69, 9.17) is 27.9 Å². The van der Waals surface area contributed by atoms with Crippen LogP contribution < -0.4 is 10.1 Å². The predicted molar refractivity (Wildman–Crippen MR) is 91.2 cm³/mol. The van der Waals surface area contributed by atoms with Crippen LogP contribution in [-0.4, -0.2) is 12.5 Å². The average molecular weight is 338 g/mol. The molecule has 0 spiro atoms. The zero-order valence-corrected chi connectivity index (χ0v) is 13.9. The standard InChI is InChI=1S/C17H17Cl2NO2/c1-11(2)10-22-14-6-3-12(4-7-14)17(21)20-16-8-5-13(18)9-15(16)19/h3-9,11H,10H2,1-2H3,(H,20,21). The van der Waals surface area contributed by atoms with Gasteiger partial charge in [-0.1, -0.05) is 37.0 Å². The van der Waals surface area contributed by atoms with Crippen molar-refractivity contribution in [3.05, 3.63) is 58.1 Å². The zero-order chi connectivity index (χ0) is 16.1. The number of rotatable bonds is 5. The summed E-state index contributed by atoms with van der Waals surface area (Å²) in [6, 6.07) is 11.9. The van der Waals surface area contributed by atoms with Crippen LogP contribution in [0.2, 0.25) is 10.0 Å². The van der Waals surface area contributed by atoms with E-state index in [0.717, 1.165) is 5.75 Å². The lowest BCUT2D eigenvalue weighted by Gasteiger charge is -2.10. The Morgan fingerprint density at radius 1 is 1.14 bits per heavy atom. The van der Waals surface area contributed by atoms with Gasteiger partial charge in [0.25, 0.3) is 5.91 Å². The molecule has 22 heavy (non-hydrogen) atoms. The topological polar surface area (TPSA) is 38.3 Å². The maximum atomic E-state index is 12.2. The Hall–Kier alpha value is -1.71. The fourth-order valence-electron chi connectivity index (χ4n) is 1.75. The van der Waals surface area contributed by atoms with Gasteiger partial charge in [-0.3, -0.25) is 4.79 Å². The van der Waals surface area contributed by atoms with Crippen molar-refractivity contribution in [2.24, 2.45) is 5.92 Å². The van der Waals surface area contributed by atoms with Gasteiger partial charge in [-0.2, -0.15) is 0 Å². The molecule has 0 aromatic heterocycles. The summed E-state index contributed by atoms with van der Waals surface area (Å²) in [6.07, 6.45) is 0. The normalized spacial score (nSPS) is 10.6. The van der Waals surface area contributed by atoms with E-state index in [-0.39, 0.29) is 5.91 Å². The largest absolute Gasteiger partial charge is 0.493 e. The smallest absolute Gasteiger partial charge is 0.255 e. The molecule has 0 aliphatic heterocycles. The Bertz CT molecular complexity index is 654. The molecule has 0 saturated carbocycles. The molecule has 0 radical (unpaired) electrons. The summed E-state index contributed by atoms with van der Waals surface area (Å²) in [4.78, 5) is 12.2. The van der Waals surface area contributed by atoms with E-state index in [0.29, 0.717) is 33.8 Å². The first-order valence-electron chi connectivity index (χ1n) is 6.95. The highest BCUT2D eigenvalue weighted by Gasteiger charge is 2.09. The van der Waals surface area contributed by atoms with Crippen LogP contribution in [0.4, 0.5) is 5.69 Å². The van der Waals surface area contributed by atoms with Crippen LogP contribution in [0.1, 0.15) is 24.2 Å². The van der Waals surface area contributed by atoms with Crippen LogP contribution in [0.15, 0.2) is 42.5 Å². The maximum Gasteiger partial charge on any atom is 0.255 e. The second kappa shape index (κ2) is 7.52. The number of anilines is 1. The molecule has 5 heteroatoms. The summed E-state index contributed by atoms with van der Waals surface area (Å²) in [6.45, 7) is 4.81. The van der Waals surface area contributed by atoms with Gasteiger partial charge in [-0.15, -0.1) is 0 Å². The summed E-state index contributed by atoms with van der Waals surface area (Å²) in [5.41, 5.74) is 1.05. The molecule has 1 amide bonds. The van der Waals surface area contributed by atoms with Crippen LogP contribution >= 0.6 is 23.2 Å². The molecule has 0 heterocycles. The minimum Gasteiger partial charge on any atom is -0.493 e. The van der Waals surface area contributed by atoms with E-state index in [2.05, 4.69) is 19.2 Å². The van der Waals surface area contributed by atoms with Crippen molar-refractivity contribution in [2.75, 3.05) is 11.9 Å². The molecule has 0 aliphatic carbocycles. The van der Waals surface area contributed by atoms with Gasteiger partial charge in [-0.05, 0) is 48.4 Å². The third-order valence-corrected chi connectivity index (χ3v) is 3.43.